The molecule has 1 aromatic carbocycles. The lowest BCUT2D eigenvalue weighted by Gasteiger charge is -2.22. The van der Waals surface area contributed by atoms with Crippen LogP contribution in [0.2, 0.25) is 0 Å². The molecule has 0 saturated carbocycles. The summed E-state index contributed by atoms with van der Waals surface area (Å²) in [5, 5.41) is 2.89. The van der Waals surface area contributed by atoms with Crippen LogP contribution in [0.25, 0.3) is 0 Å². The molecule has 6 nitrogen and oxygen atoms in total. The standard InChI is InChI=1S/C20H27N3O3/c1-5-11-23(12-6-2)19-13-15(9-10-21-19)20(24)22-17-8-7-16(25-3)14-18(17)26-4/h7-10,13-14H,5-6,11-12H2,1-4H3,(H,22,24). The second-order valence-electron chi connectivity index (χ2n) is 5.91. The van der Waals surface area contributed by atoms with Crippen LogP contribution < -0.4 is 19.7 Å². The highest BCUT2D eigenvalue weighted by molar-refractivity contribution is 6.05. The van der Waals surface area contributed by atoms with E-state index in [-0.39, 0.29) is 5.91 Å². The molecule has 0 aliphatic rings. The first kappa shape index (κ1) is 19.6. The van der Waals surface area contributed by atoms with Crippen LogP contribution in [-0.4, -0.2) is 38.2 Å². The number of hydrogen-bond donors (Lipinski definition) is 1. The summed E-state index contributed by atoms with van der Waals surface area (Å²) in [5.41, 5.74) is 1.15. The summed E-state index contributed by atoms with van der Waals surface area (Å²) < 4.78 is 10.5. The number of hydrogen-bond acceptors (Lipinski definition) is 5. The fourth-order valence-corrected chi connectivity index (χ4v) is 2.71. The van der Waals surface area contributed by atoms with Crippen molar-refractivity contribution >= 4 is 17.4 Å². The van der Waals surface area contributed by atoms with Crippen LogP contribution in [0.3, 0.4) is 0 Å². The summed E-state index contributed by atoms with van der Waals surface area (Å²) >= 11 is 0. The number of aromatic nitrogens is 1. The van der Waals surface area contributed by atoms with E-state index in [9.17, 15) is 4.79 Å². The van der Waals surface area contributed by atoms with Crippen LogP contribution >= 0.6 is 0 Å². The monoisotopic (exact) mass is 357 g/mol. The normalized spacial score (nSPS) is 10.3. The second-order valence-corrected chi connectivity index (χ2v) is 5.91. The Kier molecular flexibility index (Phi) is 7.26. The van der Waals surface area contributed by atoms with E-state index < -0.39 is 0 Å². The van der Waals surface area contributed by atoms with Crippen molar-refractivity contribution in [1.82, 2.24) is 4.98 Å². The quantitative estimate of drug-likeness (QED) is 0.735. The molecule has 6 heteroatoms. The van der Waals surface area contributed by atoms with Gasteiger partial charge in [0.05, 0.1) is 19.9 Å². The van der Waals surface area contributed by atoms with E-state index in [2.05, 4.69) is 29.0 Å². The van der Waals surface area contributed by atoms with E-state index in [0.717, 1.165) is 31.7 Å². The molecule has 0 unspecified atom stereocenters. The SMILES string of the molecule is CCCN(CCC)c1cc(C(=O)Nc2ccc(OC)cc2OC)ccn1. The molecule has 1 amide bonds. The predicted octanol–water partition coefficient (Wildman–Crippen LogP) is 3.98. The fourth-order valence-electron chi connectivity index (χ4n) is 2.71. The van der Waals surface area contributed by atoms with Crippen molar-refractivity contribution in [2.24, 2.45) is 0 Å². The summed E-state index contributed by atoms with van der Waals surface area (Å²) in [7, 11) is 3.15. The van der Waals surface area contributed by atoms with Gasteiger partial charge >= 0.3 is 0 Å². The molecular weight excluding hydrogens is 330 g/mol. The van der Waals surface area contributed by atoms with Gasteiger partial charge < -0.3 is 19.7 Å². The molecule has 1 aromatic heterocycles. The Labute approximate surface area is 155 Å². The molecule has 0 spiro atoms. The van der Waals surface area contributed by atoms with Gasteiger partial charge in [0.1, 0.15) is 17.3 Å². The van der Waals surface area contributed by atoms with Crippen molar-refractivity contribution in [1.29, 1.82) is 0 Å². The molecule has 2 rings (SSSR count). The molecule has 0 aliphatic carbocycles. The van der Waals surface area contributed by atoms with Gasteiger partial charge in [0.25, 0.3) is 5.91 Å². The molecule has 1 N–H and O–H groups in total. The van der Waals surface area contributed by atoms with E-state index in [1.54, 1.807) is 44.7 Å². The van der Waals surface area contributed by atoms with Gasteiger partial charge in [-0.05, 0) is 37.1 Å². The largest absolute Gasteiger partial charge is 0.497 e. The highest BCUT2D eigenvalue weighted by Gasteiger charge is 2.13. The number of ether oxygens (including phenoxy) is 2. The second kappa shape index (κ2) is 9.65. The number of nitrogens with zero attached hydrogens (tertiary/aromatic N) is 2. The Morgan fingerprint density at radius 2 is 1.81 bits per heavy atom. The molecule has 0 aliphatic heterocycles. The third-order valence-electron chi connectivity index (χ3n) is 3.98. The summed E-state index contributed by atoms with van der Waals surface area (Å²) in [6, 6.07) is 8.82. The van der Waals surface area contributed by atoms with Gasteiger partial charge in [0, 0.05) is 30.9 Å². The summed E-state index contributed by atoms with van der Waals surface area (Å²) in [4.78, 5) is 19.3. The zero-order valence-corrected chi connectivity index (χ0v) is 15.9. The number of carbonyl (C=O) groups is 1. The van der Waals surface area contributed by atoms with Crippen LogP contribution in [0.15, 0.2) is 36.5 Å². The summed E-state index contributed by atoms with van der Waals surface area (Å²) in [6.07, 6.45) is 3.73. The number of pyridine rings is 1. The number of benzene rings is 1. The van der Waals surface area contributed by atoms with Gasteiger partial charge in [0.2, 0.25) is 0 Å². The average molecular weight is 357 g/mol. The number of methoxy groups -OCH3 is 2. The number of amides is 1. The first-order chi connectivity index (χ1) is 12.6. The van der Waals surface area contributed by atoms with Crippen LogP contribution in [0, 0.1) is 0 Å². The van der Waals surface area contributed by atoms with Crippen LogP contribution in [0.5, 0.6) is 11.5 Å². The molecule has 140 valence electrons. The van der Waals surface area contributed by atoms with Gasteiger partial charge in [-0.1, -0.05) is 13.8 Å². The van der Waals surface area contributed by atoms with Crippen molar-refractivity contribution in [2.45, 2.75) is 26.7 Å². The fraction of sp³-hybridized carbons (Fsp3) is 0.400. The first-order valence-electron chi connectivity index (χ1n) is 8.87. The highest BCUT2D eigenvalue weighted by atomic mass is 16.5. The Morgan fingerprint density at radius 3 is 2.42 bits per heavy atom. The van der Waals surface area contributed by atoms with E-state index in [0.29, 0.717) is 22.7 Å². The number of nitrogens with one attached hydrogen (secondary N) is 1. The zero-order chi connectivity index (χ0) is 18.9. The lowest BCUT2D eigenvalue weighted by molar-refractivity contribution is 0.102. The van der Waals surface area contributed by atoms with Gasteiger partial charge in [-0.3, -0.25) is 4.79 Å². The lowest BCUT2D eigenvalue weighted by atomic mass is 10.2. The Morgan fingerprint density at radius 1 is 1.08 bits per heavy atom. The van der Waals surface area contributed by atoms with Crippen molar-refractivity contribution in [3.05, 3.63) is 42.1 Å². The van der Waals surface area contributed by atoms with Crippen molar-refractivity contribution in [3.8, 4) is 11.5 Å². The molecule has 0 saturated heterocycles. The van der Waals surface area contributed by atoms with Crippen molar-refractivity contribution < 1.29 is 14.3 Å². The van der Waals surface area contributed by atoms with E-state index in [1.165, 1.54) is 0 Å². The molecule has 0 bridgehead atoms. The van der Waals surface area contributed by atoms with E-state index in [1.807, 2.05) is 6.07 Å². The van der Waals surface area contributed by atoms with Crippen LogP contribution in [0.4, 0.5) is 11.5 Å². The molecule has 0 fully saturated rings. The van der Waals surface area contributed by atoms with E-state index >= 15 is 0 Å². The maximum atomic E-state index is 12.7. The van der Waals surface area contributed by atoms with E-state index in [4.69, 9.17) is 9.47 Å². The number of rotatable bonds is 9. The Hall–Kier alpha value is -2.76. The zero-order valence-electron chi connectivity index (χ0n) is 15.9. The maximum Gasteiger partial charge on any atom is 0.255 e. The molecule has 0 atom stereocenters. The van der Waals surface area contributed by atoms with Gasteiger partial charge in [-0.15, -0.1) is 0 Å². The third kappa shape index (κ3) is 4.88. The highest BCUT2D eigenvalue weighted by Crippen LogP contribution is 2.29. The van der Waals surface area contributed by atoms with Crippen molar-refractivity contribution in [2.75, 3.05) is 37.5 Å². The lowest BCUT2D eigenvalue weighted by Crippen LogP contribution is -2.26. The topological polar surface area (TPSA) is 63.7 Å². The molecule has 0 radical (unpaired) electrons. The molecular formula is C20H27N3O3. The number of anilines is 2. The number of carbonyl (C=O) groups excluding carboxylic acids is 1. The predicted molar refractivity (Wildman–Crippen MR) is 105 cm³/mol. The van der Waals surface area contributed by atoms with Gasteiger partial charge in [-0.25, -0.2) is 4.98 Å². The average Bonchev–Trinajstić information content (AvgIpc) is 2.68. The van der Waals surface area contributed by atoms with Gasteiger partial charge in [-0.2, -0.15) is 0 Å². The smallest absolute Gasteiger partial charge is 0.255 e. The Balaban J connectivity index is 2.21. The minimum Gasteiger partial charge on any atom is -0.497 e. The first-order valence-corrected chi connectivity index (χ1v) is 8.87. The Bertz CT molecular complexity index is 728. The molecule has 1 heterocycles. The van der Waals surface area contributed by atoms with Crippen molar-refractivity contribution in [3.63, 3.8) is 0 Å². The molecule has 2 aromatic rings. The van der Waals surface area contributed by atoms with Crippen LogP contribution in [-0.2, 0) is 0 Å². The maximum absolute atomic E-state index is 12.7. The van der Waals surface area contributed by atoms with Gasteiger partial charge in [0.15, 0.2) is 0 Å². The summed E-state index contributed by atoms with van der Waals surface area (Å²) in [6.45, 7) is 6.10. The molecule has 26 heavy (non-hydrogen) atoms. The third-order valence-corrected chi connectivity index (χ3v) is 3.98. The minimum absolute atomic E-state index is 0.204. The minimum atomic E-state index is -0.204. The van der Waals surface area contributed by atoms with Crippen LogP contribution in [0.1, 0.15) is 37.0 Å². The summed E-state index contributed by atoms with van der Waals surface area (Å²) in [5.74, 6) is 1.83.